The van der Waals surface area contributed by atoms with Crippen LogP contribution in [0.25, 0.3) is 11.3 Å². The van der Waals surface area contributed by atoms with E-state index in [1.165, 1.54) is 6.92 Å². The van der Waals surface area contributed by atoms with Gasteiger partial charge in [-0.3, -0.25) is 9.59 Å². The molecule has 30 heavy (non-hydrogen) atoms. The molecule has 0 aromatic heterocycles. The molecule has 0 unspecified atom stereocenters. The summed E-state index contributed by atoms with van der Waals surface area (Å²) >= 11 is 6.10. The van der Waals surface area contributed by atoms with Gasteiger partial charge in [0.2, 0.25) is 5.91 Å². The average Bonchev–Trinajstić information content (AvgIpc) is 3.07. The van der Waals surface area contributed by atoms with Gasteiger partial charge in [-0.05, 0) is 42.0 Å². The lowest BCUT2D eigenvalue weighted by Crippen LogP contribution is -2.22. The molecule has 1 aliphatic rings. The first kappa shape index (κ1) is 19.7. The molecular formula is C24H20ClN3O2. The minimum atomic E-state index is -0.188. The van der Waals surface area contributed by atoms with Crippen molar-refractivity contribution in [1.29, 1.82) is 0 Å². The second-order valence-corrected chi connectivity index (χ2v) is 7.45. The highest BCUT2D eigenvalue weighted by atomic mass is 35.5. The zero-order valence-corrected chi connectivity index (χ0v) is 17.3. The summed E-state index contributed by atoms with van der Waals surface area (Å²) in [5.41, 5.74) is 5.22. The summed E-state index contributed by atoms with van der Waals surface area (Å²) in [5.74, 6) is -0.229. The quantitative estimate of drug-likeness (QED) is 0.569. The Kier molecular flexibility index (Phi) is 5.29. The molecule has 4 rings (SSSR count). The molecule has 0 saturated heterocycles. The van der Waals surface area contributed by atoms with E-state index < -0.39 is 0 Å². The van der Waals surface area contributed by atoms with Gasteiger partial charge in [0.05, 0.1) is 17.0 Å². The molecule has 0 radical (unpaired) electrons. The van der Waals surface area contributed by atoms with E-state index >= 15 is 0 Å². The molecule has 3 aromatic carbocycles. The predicted molar refractivity (Wildman–Crippen MR) is 122 cm³/mol. The van der Waals surface area contributed by atoms with Crippen LogP contribution in [-0.4, -0.2) is 18.9 Å². The average molecular weight is 418 g/mol. The number of rotatable bonds is 4. The summed E-state index contributed by atoms with van der Waals surface area (Å²) < 4.78 is 0. The van der Waals surface area contributed by atoms with E-state index in [-0.39, 0.29) is 11.8 Å². The molecule has 150 valence electrons. The van der Waals surface area contributed by atoms with Crippen LogP contribution in [0.3, 0.4) is 0 Å². The fourth-order valence-corrected chi connectivity index (χ4v) is 3.54. The molecule has 0 fully saturated rings. The normalized spacial score (nSPS) is 14.0. The molecule has 0 atom stereocenters. The Hall–Kier alpha value is -3.57. The SMILES string of the molecule is CC(=O)N(C)c1ccc(NC(=C2C(=O)Nc3cc(Cl)ccc32)c2ccccc2)cc1. The van der Waals surface area contributed by atoms with E-state index in [0.717, 1.165) is 22.5 Å². The minimum Gasteiger partial charge on any atom is -0.354 e. The summed E-state index contributed by atoms with van der Waals surface area (Å²) in [6.07, 6.45) is 0. The van der Waals surface area contributed by atoms with Gasteiger partial charge in [0.25, 0.3) is 5.91 Å². The molecule has 5 nitrogen and oxygen atoms in total. The Morgan fingerprint density at radius 3 is 2.37 bits per heavy atom. The number of nitrogens with one attached hydrogen (secondary N) is 2. The summed E-state index contributed by atoms with van der Waals surface area (Å²) in [6, 6.07) is 22.5. The molecule has 0 aliphatic carbocycles. The maximum atomic E-state index is 12.9. The van der Waals surface area contributed by atoms with Gasteiger partial charge in [0.1, 0.15) is 0 Å². The van der Waals surface area contributed by atoms with Crippen LogP contribution in [0.2, 0.25) is 5.02 Å². The largest absolute Gasteiger partial charge is 0.354 e. The smallest absolute Gasteiger partial charge is 0.258 e. The third kappa shape index (κ3) is 3.80. The van der Waals surface area contributed by atoms with Crippen LogP contribution in [0.1, 0.15) is 18.1 Å². The monoisotopic (exact) mass is 417 g/mol. The zero-order valence-electron chi connectivity index (χ0n) is 16.6. The number of benzene rings is 3. The molecule has 0 saturated carbocycles. The highest BCUT2D eigenvalue weighted by Crippen LogP contribution is 2.38. The predicted octanol–water partition coefficient (Wildman–Crippen LogP) is 5.26. The molecule has 1 aliphatic heterocycles. The Morgan fingerprint density at radius 1 is 1.00 bits per heavy atom. The number of carbonyl (C=O) groups is 2. The maximum Gasteiger partial charge on any atom is 0.258 e. The van der Waals surface area contributed by atoms with Gasteiger partial charge in [-0.2, -0.15) is 0 Å². The fraction of sp³-hybridized carbons (Fsp3) is 0.0833. The van der Waals surface area contributed by atoms with Crippen molar-refractivity contribution in [1.82, 2.24) is 0 Å². The van der Waals surface area contributed by atoms with Crippen LogP contribution in [0.5, 0.6) is 0 Å². The number of hydrogen-bond donors (Lipinski definition) is 2. The van der Waals surface area contributed by atoms with Crippen molar-refractivity contribution < 1.29 is 9.59 Å². The van der Waals surface area contributed by atoms with Gasteiger partial charge >= 0.3 is 0 Å². The molecule has 0 bridgehead atoms. The molecule has 1 heterocycles. The first-order chi connectivity index (χ1) is 14.4. The van der Waals surface area contributed by atoms with Crippen LogP contribution in [0.15, 0.2) is 72.8 Å². The Balaban J connectivity index is 1.79. The van der Waals surface area contributed by atoms with Crippen LogP contribution < -0.4 is 15.5 Å². The van der Waals surface area contributed by atoms with Crippen molar-refractivity contribution in [3.05, 3.63) is 88.9 Å². The van der Waals surface area contributed by atoms with E-state index in [4.69, 9.17) is 11.6 Å². The van der Waals surface area contributed by atoms with E-state index in [2.05, 4.69) is 10.6 Å². The standard InChI is InChI=1S/C24H20ClN3O2/c1-15(29)28(2)19-11-9-18(10-12-19)26-23(16-6-4-3-5-7-16)22-20-13-8-17(25)14-21(20)27-24(22)30/h3-14,26H,1-2H3,(H,27,30). The Labute approximate surface area is 180 Å². The number of nitrogens with zero attached hydrogens (tertiary/aromatic N) is 1. The van der Waals surface area contributed by atoms with E-state index in [1.807, 2.05) is 60.7 Å². The van der Waals surface area contributed by atoms with Gasteiger partial charge < -0.3 is 15.5 Å². The second kappa shape index (κ2) is 8.05. The van der Waals surface area contributed by atoms with E-state index in [1.54, 1.807) is 24.1 Å². The number of halogens is 1. The maximum absolute atomic E-state index is 12.9. The lowest BCUT2D eigenvalue weighted by atomic mass is 10.00. The molecule has 0 spiro atoms. The Morgan fingerprint density at radius 2 is 1.70 bits per heavy atom. The molecule has 3 aromatic rings. The lowest BCUT2D eigenvalue weighted by Gasteiger charge is -2.17. The second-order valence-electron chi connectivity index (χ2n) is 7.01. The van der Waals surface area contributed by atoms with Crippen molar-refractivity contribution in [2.75, 3.05) is 22.6 Å². The first-order valence-electron chi connectivity index (χ1n) is 9.46. The number of anilines is 3. The van der Waals surface area contributed by atoms with Gasteiger partial charge in [-0.25, -0.2) is 0 Å². The molecular weight excluding hydrogens is 398 g/mol. The van der Waals surface area contributed by atoms with Crippen molar-refractivity contribution in [2.24, 2.45) is 0 Å². The van der Waals surface area contributed by atoms with Crippen LogP contribution in [-0.2, 0) is 9.59 Å². The number of carbonyl (C=O) groups excluding carboxylic acids is 2. The summed E-state index contributed by atoms with van der Waals surface area (Å²) in [7, 11) is 1.73. The molecule has 6 heteroatoms. The summed E-state index contributed by atoms with van der Waals surface area (Å²) in [4.78, 5) is 26.0. The van der Waals surface area contributed by atoms with Crippen molar-refractivity contribution in [2.45, 2.75) is 6.92 Å². The van der Waals surface area contributed by atoms with E-state index in [0.29, 0.717) is 22.0 Å². The third-order valence-electron chi connectivity index (χ3n) is 5.03. The summed E-state index contributed by atoms with van der Waals surface area (Å²) in [6.45, 7) is 1.52. The highest BCUT2D eigenvalue weighted by molar-refractivity contribution is 6.38. The molecule has 2 amide bonds. The zero-order chi connectivity index (χ0) is 21.3. The number of amides is 2. The van der Waals surface area contributed by atoms with Gasteiger partial charge in [-0.15, -0.1) is 0 Å². The minimum absolute atomic E-state index is 0.0410. The van der Waals surface area contributed by atoms with Crippen molar-refractivity contribution in [3.8, 4) is 0 Å². The fourth-order valence-electron chi connectivity index (χ4n) is 3.37. The van der Waals surface area contributed by atoms with Crippen LogP contribution in [0, 0.1) is 0 Å². The molecule has 2 N–H and O–H groups in total. The van der Waals surface area contributed by atoms with Crippen LogP contribution in [0.4, 0.5) is 17.1 Å². The summed E-state index contributed by atoms with van der Waals surface area (Å²) in [5, 5.41) is 6.86. The number of fused-ring (bicyclic) bond motifs is 1. The van der Waals surface area contributed by atoms with Gasteiger partial charge in [0, 0.05) is 35.9 Å². The topological polar surface area (TPSA) is 61.4 Å². The van der Waals surface area contributed by atoms with Gasteiger partial charge in [-0.1, -0.05) is 48.0 Å². The first-order valence-corrected chi connectivity index (χ1v) is 9.84. The van der Waals surface area contributed by atoms with Crippen LogP contribution >= 0.6 is 11.6 Å². The third-order valence-corrected chi connectivity index (χ3v) is 5.27. The number of hydrogen-bond acceptors (Lipinski definition) is 3. The van der Waals surface area contributed by atoms with Crippen molar-refractivity contribution >= 4 is 51.7 Å². The lowest BCUT2D eigenvalue weighted by molar-refractivity contribution is -0.116. The van der Waals surface area contributed by atoms with Gasteiger partial charge in [0.15, 0.2) is 0 Å². The Bertz CT molecular complexity index is 1150. The van der Waals surface area contributed by atoms with Crippen molar-refractivity contribution in [3.63, 3.8) is 0 Å². The van der Waals surface area contributed by atoms with E-state index in [9.17, 15) is 9.59 Å². The highest BCUT2D eigenvalue weighted by Gasteiger charge is 2.28.